The number of hydrogen-bond donors (Lipinski definition) is 0. The number of alkyl halides is 1. The van der Waals surface area contributed by atoms with Crippen LogP contribution in [0.15, 0.2) is 24.3 Å². The van der Waals surface area contributed by atoms with Crippen LogP contribution in [0.3, 0.4) is 0 Å². The highest BCUT2D eigenvalue weighted by atomic mass is 79.9. The molecule has 0 N–H and O–H groups in total. The van der Waals surface area contributed by atoms with Gasteiger partial charge in [0, 0.05) is 10.4 Å². The third-order valence-corrected chi connectivity index (χ3v) is 4.67. The average Bonchev–Trinajstić information content (AvgIpc) is 2.30. The van der Waals surface area contributed by atoms with Gasteiger partial charge in [-0.25, -0.2) is 0 Å². The lowest BCUT2D eigenvalue weighted by atomic mass is 9.79. The Morgan fingerprint density at radius 2 is 1.80 bits per heavy atom. The van der Waals surface area contributed by atoms with Crippen LogP contribution in [0.1, 0.15) is 37.2 Å². The molecule has 0 radical (unpaired) electrons. The maximum absolute atomic E-state index is 6.22. The number of hydrogen-bond acceptors (Lipinski definition) is 0. The molecule has 1 saturated carbocycles. The molecule has 1 aromatic rings. The number of rotatable bonds is 2. The van der Waals surface area contributed by atoms with Crippen molar-refractivity contribution < 1.29 is 0 Å². The lowest BCUT2D eigenvalue weighted by Gasteiger charge is -2.28. The Morgan fingerprint density at radius 3 is 2.40 bits per heavy atom. The van der Waals surface area contributed by atoms with E-state index >= 15 is 0 Å². The molecule has 15 heavy (non-hydrogen) atoms. The maximum atomic E-state index is 6.22. The predicted molar refractivity (Wildman–Crippen MR) is 69.9 cm³/mol. The molecule has 0 saturated heterocycles. The average molecular weight is 288 g/mol. The second-order valence-corrected chi connectivity index (χ2v) is 5.45. The van der Waals surface area contributed by atoms with Gasteiger partial charge >= 0.3 is 0 Å². The summed E-state index contributed by atoms with van der Waals surface area (Å²) < 4.78 is 0. The number of halogens is 2. The Bertz CT molecular complexity index is 316. The van der Waals surface area contributed by atoms with E-state index in [9.17, 15) is 0 Å². The first-order chi connectivity index (χ1) is 7.31. The quantitative estimate of drug-likeness (QED) is 0.671. The van der Waals surface area contributed by atoms with E-state index in [0.717, 1.165) is 16.3 Å². The standard InChI is InChI=1S/C13H16BrCl/c14-9-10-5-7-11(8-6-10)12-3-1-2-4-13(12)15/h1-4,10-11H,5-9H2. The van der Waals surface area contributed by atoms with Gasteiger partial charge in [-0.15, -0.1) is 0 Å². The van der Waals surface area contributed by atoms with E-state index in [1.165, 1.54) is 31.2 Å². The molecule has 1 aliphatic carbocycles. The van der Waals surface area contributed by atoms with Crippen LogP contribution in [0.25, 0.3) is 0 Å². The normalized spacial score (nSPS) is 26.5. The fourth-order valence-corrected chi connectivity index (χ4v) is 3.37. The molecule has 0 bridgehead atoms. The molecule has 1 fully saturated rings. The van der Waals surface area contributed by atoms with Gasteiger partial charge in [0.15, 0.2) is 0 Å². The zero-order valence-corrected chi connectivity index (χ0v) is 11.1. The van der Waals surface area contributed by atoms with Crippen molar-refractivity contribution >= 4 is 27.5 Å². The third kappa shape index (κ3) is 2.76. The second-order valence-electron chi connectivity index (χ2n) is 4.39. The lowest BCUT2D eigenvalue weighted by Crippen LogP contribution is -2.14. The molecule has 0 aliphatic heterocycles. The minimum atomic E-state index is 0.689. The molecule has 0 aromatic heterocycles. The first-order valence-electron chi connectivity index (χ1n) is 5.61. The minimum absolute atomic E-state index is 0.689. The van der Waals surface area contributed by atoms with Crippen molar-refractivity contribution in [2.24, 2.45) is 5.92 Å². The Hall–Kier alpha value is -0.0100. The third-order valence-electron chi connectivity index (χ3n) is 3.41. The summed E-state index contributed by atoms with van der Waals surface area (Å²) in [6.45, 7) is 0. The largest absolute Gasteiger partial charge is 0.0925 e. The highest BCUT2D eigenvalue weighted by molar-refractivity contribution is 9.09. The predicted octanol–water partition coefficient (Wildman–Crippen LogP) is 5.01. The van der Waals surface area contributed by atoms with Crippen molar-refractivity contribution in [3.05, 3.63) is 34.9 Å². The van der Waals surface area contributed by atoms with Crippen molar-refractivity contribution in [2.45, 2.75) is 31.6 Å². The van der Waals surface area contributed by atoms with Crippen LogP contribution in [0, 0.1) is 5.92 Å². The molecule has 2 rings (SSSR count). The van der Waals surface area contributed by atoms with E-state index in [0.29, 0.717) is 5.92 Å². The Balaban J connectivity index is 2.04. The molecule has 1 aromatic carbocycles. The summed E-state index contributed by atoms with van der Waals surface area (Å²) in [5, 5.41) is 2.10. The Morgan fingerprint density at radius 1 is 1.13 bits per heavy atom. The monoisotopic (exact) mass is 286 g/mol. The summed E-state index contributed by atoms with van der Waals surface area (Å²) in [5.74, 6) is 1.57. The maximum Gasteiger partial charge on any atom is 0.0440 e. The van der Waals surface area contributed by atoms with Gasteiger partial charge in [-0.3, -0.25) is 0 Å². The van der Waals surface area contributed by atoms with E-state index in [1.54, 1.807) is 0 Å². The van der Waals surface area contributed by atoms with Crippen LogP contribution in [0.4, 0.5) is 0 Å². The topological polar surface area (TPSA) is 0 Å². The Labute approximate surface area is 105 Å². The summed E-state index contributed by atoms with van der Waals surface area (Å²) in [6.07, 6.45) is 5.25. The van der Waals surface area contributed by atoms with Crippen LogP contribution in [0.5, 0.6) is 0 Å². The van der Waals surface area contributed by atoms with E-state index < -0.39 is 0 Å². The van der Waals surface area contributed by atoms with Crippen LogP contribution >= 0.6 is 27.5 Å². The molecule has 2 heteroatoms. The van der Waals surface area contributed by atoms with Crippen molar-refractivity contribution in [3.8, 4) is 0 Å². The summed E-state index contributed by atoms with van der Waals surface area (Å²) in [6, 6.07) is 8.29. The van der Waals surface area contributed by atoms with E-state index in [4.69, 9.17) is 11.6 Å². The van der Waals surface area contributed by atoms with Gasteiger partial charge in [-0.2, -0.15) is 0 Å². The SMILES string of the molecule is Clc1ccccc1C1CCC(CBr)CC1. The smallest absolute Gasteiger partial charge is 0.0440 e. The van der Waals surface area contributed by atoms with E-state index in [1.807, 2.05) is 12.1 Å². The fraction of sp³-hybridized carbons (Fsp3) is 0.538. The van der Waals surface area contributed by atoms with Crippen LogP contribution < -0.4 is 0 Å². The van der Waals surface area contributed by atoms with Crippen molar-refractivity contribution in [3.63, 3.8) is 0 Å². The zero-order valence-electron chi connectivity index (χ0n) is 8.76. The van der Waals surface area contributed by atoms with Gasteiger partial charge in [-0.05, 0) is 49.1 Å². The highest BCUT2D eigenvalue weighted by Gasteiger charge is 2.22. The molecule has 0 nitrogen and oxygen atoms in total. The zero-order chi connectivity index (χ0) is 10.7. The lowest BCUT2D eigenvalue weighted by molar-refractivity contribution is 0.354. The summed E-state index contributed by atoms with van der Waals surface area (Å²) in [4.78, 5) is 0. The molecule has 82 valence electrons. The molecule has 0 spiro atoms. The molecule has 0 amide bonds. The van der Waals surface area contributed by atoms with E-state index in [2.05, 4.69) is 28.1 Å². The Kier molecular flexibility index (Phi) is 4.10. The van der Waals surface area contributed by atoms with Crippen molar-refractivity contribution in [2.75, 3.05) is 5.33 Å². The van der Waals surface area contributed by atoms with Gasteiger partial charge in [0.2, 0.25) is 0 Å². The first-order valence-corrected chi connectivity index (χ1v) is 7.11. The molecule has 0 atom stereocenters. The highest BCUT2D eigenvalue weighted by Crippen LogP contribution is 2.38. The first kappa shape index (κ1) is 11.5. The molecule has 0 heterocycles. The van der Waals surface area contributed by atoms with Crippen LogP contribution in [-0.2, 0) is 0 Å². The van der Waals surface area contributed by atoms with E-state index in [-0.39, 0.29) is 0 Å². The van der Waals surface area contributed by atoms with Crippen LogP contribution in [0.2, 0.25) is 5.02 Å². The van der Waals surface area contributed by atoms with Crippen molar-refractivity contribution in [1.29, 1.82) is 0 Å². The van der Waals surface area contributed by atoms with Crippen molar-refractivity contribution in [1.82, 2.24) is 0 Å². The van der Waals surface area contributed by atoms with Gasteiger partial charge in [0.1, 0.15) is 0 Å². The minimum Gasteiger partial charge on any atom is -0.0925 e. The van der Waals surface area contributed by atoms with Gasteiger partial charge < -0.3 is 0 Å². The molecular weight excluding hydrogens is 272 g/mol. The van der Waals surface area contributed by atoms with Gasteiger partial charge in [-0.1, -0.05) is 45.7 Å². The molecule has 1 aliphatic rings. The summed E-state index contributed by atoms with van der Waals surface area (Å²) in [7, 11) is 0. The summed E-state index contributed by atoms with van der Waals surface area (Å²) in [5.41, 5.74) is 1.35. The van der Waals surface area contributed by atoms with Crippen LogP contribution in [-0.4, -0.2) is 5.33 Å². The second kappa shape index (κ2) is 5.36. The van der Waals surface area contributed by atoms with Gasteiger partial charge in [0.25, 0.3) is 0 Å². The fourth-order valence-electron chi connectivity index (χ4n) is 2.43. The molecular formula is C13H16BrCl. The summed E-state index contributed by atoms with van der Waals surface area (Å²) >= 11 is 9.79. The number of benzene rings is 1. The molecule has 0 unspecified atom stereocenters. The van der Waals surface area contributed by atoms with Gasteiger partial charge in [0.05, 0.1) is 0 Å².